The second-order valence-electron chi connectivity index (χ2n) is 7.02. The molecule has 27 heavy (non-hydrogen) atoms. The summed E-state index contributed by atoms with van der Waals surface area (Å²) in [5.74, 6) is 0.449. The van der Waals surface area contributed by atoms with Crippen LogP contribution in [-0.4, -0.2) is 38.7 Å². The van der Waals surface area contributed by atoms with Crippen molar-refractivity contribution < 1.29 is 17.9 Å². The first kappa shape index (κ1) is 19.6. The summed E-state index contributed by atoms with van der Waals surface area (Å²) in [5.41, 5.74) is 2.44. The van der Waals surface area contributed by atoms with Gasteiger partial charge in [-0.2, -0.15) is 4.31 Å². The highest BCUT2D eigenvalue weighted by Crippen LogP contribution is 2.29. The lowest BCUT2D eigenvalue weighted by molar-refractivity contribution is 0.0872. The van der Waals surface area contributed by atoms with Crippen molar-refractivity contribution in [3.05, 3.63) is 59.2 Å². The second-order valence-corrected chi connectivity index (χ2v) is 8.96. The van der Waals surface area contributed by atoms with Crippen LogP contribution in [-0.2, 0) is 10.0 Å². The molecule has 0 aromatic heterocycles. The van der Waals surface area contributed by atoms with Crippen LogP contribution in [0.2, 0.25) is 0 Å². The highest BCUT2D eigenvalue weighted by Gasteiger charge is 2.33. The number of ether oxygens (including phenoxy) is 1. The molecule has 0 radical (unpaired) electrons. The minimum atomic E-state index is -3.58. The molecular weight excluding hydrogens is 362 g/mol. The van der Waals surface area contributed by atoms with Gasteiger partial charge in [0.1, 0.15) is 5.75 Å². The predicted octanol–water partition coefficient (Wildman–Crippen LogP) is 3.60. The van der Waals surface area contributed by atoms with Crippen LogP contribution < -0.4 is 4.74 Å². The van der Waals surface area contributed by atoms with Gasteiger partial charge in [-0.3, -0.25) is 4.79 Å². The van der Waals surface area contributed by atoms with Crippen LogP contribution in [0.3, 0.4) is 0 Å². The molecule has 1 aliphatic rings. The van der Waals surface area contributed by atoms with Crippen molar-refractivity contribution in [2.45, 2.75) is 31.6 Å². The number of carbonyl (C=O) groups is 1. The van der Waals surface area contributed by atoms with E-state index in [0.29, 0.717) is 24.9 Å². The molecule has 0 unspecified atom stereocenters. The molecule has 2 aromatic rings. The largest absolute Gasteiger partial charge is 0.496 e. The first-order chi connectivity index (χ1) is 12.8. The maximum atomic E-state index is 13.1. The quantitative estimate of drug-likeness (QED) is 0.736. The second kappa shape index (κ2) is 7.82. The lowest BCUT2D eigenvalue weighted by Crippen LogP contribution is -2.42. The molecule has 0 bridgehead atoms. The fraction of sp³-hybridized carbons (Fsp3) is 0.381. The Morgan fingerprint density at radius 2 is 1.74 bits per heavy atom. The minimum Gasteiger partial charge on any atom is -0.496 e. The van der Waals surface area contributed by atoms with Gasteiger partial charge in [-0.1, -0.05) is 18.2 Å². The van der Waals surface area contributed by atoms with Gasteiger partial charge in [0, 0.05) is 24.6 Å². The van der Waals surface area contributed by atoms with Crippen LogP contribution in [0.5, 0.6) is 5.75 Å². The molecule has 0 aliphatic carbocycles. The SMILES string of the molecule is COc1c(C)cc(C(=O)[C@H]2CCCN(S(=O)(=O)c3ccccc3)C2)cc1C. The molecule has 1 saturated heterocycles. The molecule has 1 aliphatic heterocycles. The van der Waals surface area contributed by atoms with Crippen LogP contribution >= 0.6 is 0 Å². The Bertz CT molecular complexity index is 915. The number of sulfonamides is 1. The number of hydrogen-bond acceptors (Lipinski definition) is 4. The summed E-state index contributed by atoms with van der Waals surface area (Å²) in [5, 5.41) is 0. The number of ketones is 1. The smallest absolute Gasteiger partial charge is 0.243 e. The zero-order valence-electron chi connectivity index (χ0n) is 15.9. The number of nitrogens with zero attached hydrogens (tertiary/aromatic N) is 1. The number of benzene rings is 2. The van der Waals surface area contributed by atoms with Crippen molar-refractivity contribution >= 4 is 15.8 Å². The lowest BCUT2D eigenvalue weighted by atomic mass is 9.89. The van der Waals surface area contributed by atoms with E-state index in [-0.39, 0.29) is 23.1 Å². The molecule has 3 rings (SSSR count). The Balaban J connectivity index is 1.83. The molecule has 5 nitrogen and oxygen atoms in total. The average molecular weight is 388 g/mol. The first-order valence-corrected chi connectivity index (χ1v) is 10.5. The summed E-state index contributed by atoms with van der Waals surface area (Å²) in [6, 6.07) is 12.1. The zero-order chi connectivity index (χ0) is 19.6. The molecule has 144 valence electrons. The van der Waals surface area contributed by atoms with E-state index < -0.39 is 10.0 Å². The van der Waals surface area contributed by atoms with E-state index in [1.54, 1.807) is 37.4 Å². The maximum Gasteiger partial charge on any atom is 0.243 e. The van der Waals surface area contributed by atoms with E-state index in [9.17, 15) is 13.2 Å². The fourth-order valence-electron chi connectivity index (χ4n) is 3.77. The number of methoxy groups -OCH3 is 1. The van der Waals surface area contributed by atoms with Crippen LogP contribution in [0.4, 0.5) is 0 Å². The molecular formula is C21H25NO4S. The molecule has 0 spiro atoms. The zero-order valence-corrected chi connectivity index (χ0v) is 16.8. The summed E-state index contributed by atoms with van der Waals surface area (Å²) < 4.78 is 32.6. The van der Waals surface area contributed by atoms with Gasteiger partial charge in [-0.05, 0) is 62.1 Å². The molecule has 1 atom stereocenters. The molecule has 6 heteroatoms. The summed E-state index contributed by atoms with van der Waals surface area (Å²) in [6.45, 7) is 4.49. The Hall–Kier alpha value is -2.18. The molecule has 1 fully saturated rings. The molecule has 2 aromatic carbocycles. The Labute approximate surface area is 161 Å². The number of Topliss-reactive ketones (excluding diaryl/α,β-unsaturated/α-hetero) is 1. The third kappa shape index (κ3) is 3.92. The van der Waals surface area contributed by atoms with Crippen molar-refractivity contribution in [1.29, 1.82) is 0 Å². The number of carbonyl (C=O) groups excluding carboxylic acids is 1. The minimum absolute atomic E-state index is 0.00295. The number of piperidine rings is 1. The monoisotopic (exact) mass is 387 g/mol. The summed E-state index contributed by atoms with van der Waals surface area (Å²) in [7, 11) is -1.96. The van der Waals surface area contributed by atoms with Crippen LogP contribution in [0.25, 0.3) is 0 Å². The highest BCUT2D eigenvalue weighted by molar-refractivity contribution is 7.89. The third-order valence-corrected chi connectivity index (χ3v) is 6.96. The van der Waals surface area contributed by atoms with Crippen molar-refractivity contribution in [3.8, 4) is 5.75 Å². The third-order valence-electron chi connectivity index (χ3n) is 5.08. The van der Waals surface area contributed by atoms with Gasteiger partial charge in [-0.15, -0.1) is 0 Å². The van der Waals surface area contributed by atoms with Crippen molar-refractivity contribution in [3.63, 3.8) is 0 Å². The Morgan fingerprint density at radius 3 is 2.33 bits per heavy atom. The van der Waals surface area contributed by atoms with Gasteiger partial charge in [0.15, 0.2) is 5.78 Å². The first-order valence-electron chi connectivity index (χ1n) is 9.09. The van der Waals surface area contributed by atoms with E-state index in [4.69, 9.17) is 4.74 Å². The fourth-order valence-corrected chi connectivity index (χ4v) is 5.31. The Kier molecular flexibility index (Phi) is 5.67. The van der Waals surface area contributed by atoms with Crippen molar-refractivity contribution in [2.24, 2.45) is 5.92 Å². The van der Waals surface area contributed by atoms with Gasteiger partial charge in [0.25, 0.3) is 0 Å². The number of hydrogen-bond donors (Lipinski definition) is 0. The normalized spacial score (nSPS) is 18.3. The van der Waals surface area contributed by atoms with E-state index in [1.807, 2.05) is 26.0 Å². The maximum absolute atomic E-state index is 13.1. The van der Waals surface area contributed by atoms with Crippen molar-refractivity contribution in [1.82, 2.24) is 4.31 Å². The van der Waals surface area contributed by atoms with Crippen molar-refractivity contribution in [2.75, 3.05) is 20.2 Å². The summed E-state index contributed by atoms with van der Waals surface area (Å²) in [6.07, 6.45) is 1.38. The summed E-state index contributed by atoms with van der Waals surface area (Å²) >= 11 is 0. The molecule has 0 saturated carbocycles. The summed E-state index contributed by atoms with van der Waals surface area (Å²) in [4.78, 5) is 13.3. The predicted molar refractivity (Wildman–Crippen MR) is 105 cm³/mol. The van der Waals surface area contributed by atoms with Gasteiger partial charge in [-0.25, -0.2) is 8.42 Å². The highest BCUT2D eigenvalue weighted by atomic mass is 32.2. The van der Waals surface area contributed by atoms with Gasteiger partial charge in [0.05, 0.1) is 12.0 Å². The van der Waals surface area contributed by atoms with E-state index in [2.05, 4.69) is 0 Å². The van der Waals surface area contributed by atoms with E-state index in [0.717, 1.165) is 16.9 Å². The van der Waals surface area contributed by atoms with Gasteiger partial charge < -0.3 is 4.74 Å². The van der Waals surface area contributed by atoms with E-state index >= 15 is 0 Å². The molecule has 0 N–H and O–H groups in total. The number of rotatable bonds is 5. The molecule has 0 amide bonds. The number of aryl methyl sites for hydroxylation is 2. The average Bonchev–Trinajstić information content (AvgIpc) is 2.68. The standard InChI is InChI=1S/C21H25NO4S/c1-15-12-18(13-16(2)21(15)26-3)20(23)17-8-7-11-22(14-17)27(24,25)19-9-5-4-6-10-19/h4-6,9-10,12-13,17H,7-8,11,14H2,1-3H3/t17-/m0/s1. The van der Waals surface area contributed by atoms with Crippen LogP contribution in [0, 0.1) is 19.8 Å². The van der Waals surface area contributed by atoms with Gasteiger partial charge in [0.2, 0.25) is 10.0 Å². The lowest BCUT2D eigenvalue weighted by Gasteiger charge is -2.31. The van der Waals surface area contributed by atoms with Gasteiger partial charge >= 0.3 is 0 Å². The molecule has 1 heterocycles. The Morgan fingerprint density at radius 1 is 1.11 bits per heavy atom. The topological polar surface area (TPSA) is 63.7 Å². The van der Waals surface area contributed by atoms with E-state index in [1.165, 1.54) is 4.31 Å². The van der Waals surface area contributed by atoms with Crippen LogP contribution in [0.1, 0.15) is 34.3 Å². The van der Waals surface area contributed by atoms with Crippen LogP contribution in [0.15, 0.2) is 47.4 Å².